The Morgan fingerprint density at radius 2 is 2.00 bits per heavy atom. The summed E-state index contributed by atoms with van der Waals surface area (Å²) in [5.41, 5.74) is -0.428. The van der Waals surface area contributed by atoms with Crippen LogP contribution >= 0.6 is 26.6 Å². The van der Waals surface area contributed by atoms with Gasteiger partial charge in [0, 0.05) is 23.8 Å². The maximum Gasteiger partial charge on any atom is 0.278 e. The number of hydrogen-bond acceptors (Lipinski definition) is 3. The second-order valence-electron chi connectivity index (χ2n) is 2.32. The molecule has 0 fully saturated rings. The molecule has 0 atom stereocenters. The van der Waals surface area contributed by atoms with E-state index in [0.717, 1.165) is 4.57 Å². The summed E-state index contributed by atoms with van der Waals surface area (Å²) in [4.78, 5) is 11.1. The summed E-state index contributed by atoms with van der Waals surface area (Å²) in [5, 5.41) is -0.235. The molecular weight excluding hydrogens is 281 g/mol. The lowest BCUT2D eigenvalue weighted by molar-refractivity contribution is 0.594. The molecule has 0 saturated carbocycles. The average Bonchev–Trinajstić information content (AvgIpc) is 1.95. The highest BCUT2D eigenvalue weighted by Crippen LogP contribution is 2.22. The van der Waals surface area contributed by atoms with Gasteiger partial charge in [-0.15, -0.1) is 0 Å². The van der Waals surface area contributed by atoms with Crippen LogP contribution in [0.25, 0.3) is 0 Å². The number of rotatable bonds is 1. The molecule has 0 bridgehead atoms. The molecule has 0 unspecified atom stereocenters. The van der Waals surface area contributed by atoms with Gasteiger partial charge >= 0.3 is 0 Å². The Labute approximate surface area is 87.7 Å². The van der Waals surface area contributed by atoms with Crippen LogP contribution in [0.1, 0.15) is 0 Å². The molecule has 1 heterocycles. The normalized spacial score (nSPS) is 11.6. The smallest absolute Gasteiger partial charge is 0.278 e. The first kappa shape index (κ1) is 10.7. The first-order chi connectivity index (χ1) is 5.84. The largest absolute Gasteiger partial charge is 0.300 e. The van der Waals surface area contributed by atoms with Crippen molar-refractivity contribution >= 4 is 35.7 Å². The van der Waals surface area contributed by atoms with Gasteiger partial charge in [0.2, 0.25) is 0 Å². The van der Waals surface area contributed by atoms with Crippen molar-refractivity contribution in [3.63, 3.8) is 0 Å². The SMILES string of the molecule is Cn1c(S(=O)(=O)Cl)c(Br)ccc1=O. The first-order valence-electron chi connectivity index (χ1n) is 3.14. The zero-order chi connectivity index (χ0) is 10.2. The molecule has 1 aromatic rings. The molecule has 0 saturated heterocycles. The summed E-state index contributed by atoms with van der Waals surface area (Å²) < 4.78 is 23.2. The van der Waals surface area contributed by atoms with Crippen molar-refractivity contribution in [1.82, 2.24) is 4.57 Å². The third kappa shape index (κ3) is 2.12. The van der Waals surface area contributed by atoms with E-state index in [2.05, 4.69) is 15.9 Å². The summed E-state index contributed by atoms with van der Waals surface area (Å²) in [7, 11) is 2.56. The predicted octanol–water partition coefficient (Wildman–Crippen LogP) is 1.08. The van der Waals surface area contributed by atoms with E-state index in [-0.39, 0.29) is 9.50 Å². The fourth-order valence-corrected chi connectivity index (χ4v) is 3.46. The second-order valence-corrected chi connectivity index (χ2v) is 5.66. The standard InChI is InChI=1S/C6H5BrClNO3S/c1-9-5(10)3-2-4(7)6(9)13(8,11)12/h2-3H,1H3. The molecule has 1 rings (SSSR count). The van der Waals surface area contributed by atoms with Gasteiger partial charge in [-0.25, -0.2) is 8.42 Å². The van der Waals surface area contributed by atoms with Crippen LogP contribution in [0, 0.1) is 0 Å². The van der Waals surface area contributed by atoms with E-state index in [0.29, 0.717) is 0 Å². The molecule has 0 N–H and O–H groups in total. The molecule has 1 aromatic heterocycles. The number of nitrogens with zero attached hydrogens (tertiary/aromatic N) is 1. The molecule has 0 spiro atoms. The summed E-state index contributed by atoms with van der Waals surface area (Å²) >= 11 is 2.99. The minimum atomic E-state index is -3.90. The van der Waals surface area contributed by atoms with E-state index in [9.17, 15) is 13.2 Å². The number of pyridine rings is 1. The van der Waals surface area contributed by atoms with Gasteiger partial charge in [0.1, 0.15) is 0 Å². The van der Waals surface area contributed by atoms with E-state index in [4.69, 9.17) is 10.7 Å². The van der Waals surface area contributed by atoms with Crippen molar-refractivity contribution in [2.24, 2.45) is 7.05 Å². The molecule has 0 aliphatic carbocycles. The predicted molar refractivity (Wildman–Crippen MR) is 52.4 cm³/mol. The molecular formula is C6H5BrClNO3S. The van der Waals surface area contributed by atoms with Crippen LogP contribution in [0.5, 0.6) is 0 Å². The van der Waals surface area contributed by atoms with Gasteiger partial charge in [-0.2, -0.15) is 0 Å². The number of halogens is 2. The van der Waals surface area contributed by atoms with E-state index in [1.54, 1.807) is 0 Å². The Hall–Kier alpha value is -0.330. The Morgan fingerprint density at radius 1 is 1.46 bits per heavy atom. The highest BCUT2D eigenvalue weighted by molar-refractivity contribution is 9.10. The van der Waals surface area contributed by atoms with E-state index in [1.165, 1.54) is 19.2 Å². The fourth-order valence-electron chi connectivity index (χ4n) is 0.868. The van der Waals surface area contributed by atoms with Crippen molar-refractivity contribution in [3.05, 3.63) is 27.0 Å². The highest BCUT2D eigenvalue weighted by atomic mass is 79.9. The Balaban J connectivity index is 3.73. The van der Waals surface area contributed by atoms with Gasteiger partial charge in [-0.1, -0.05) is 0 Å². The van der Waals surface area contributed by atoms with Gasteiger partial charge in [-0.3, -0.25) is 4.79 Å². The minimum absolute atomic E-state index is 0.235. The zero-order valence-corrected chi connectivity index (χ0v) is 9.65. The number of aromatic nitrogens is 1. The Morgan fingerprint density at radius 3 is 2.38 bits per heavy atom. The van der Waals surface area contributed by atoms with Crippen LogP contribution in [-0.4, -0.2) is 13.0 Å². The minimum Gasteiger partial charge on any atom is -0.300 e. The molecule has 72 valence electrons. The van der Waals surface area contributed by atoms with Crippen molar-refractivity contribution < 1.29 is 8.42 Å². The lowest BCUT2D eigenvalue weighted by Gasteiger charge is -2.05. The Bertz CT molecular complexity index is 493. The van der Waals surface area contributed by atoms with Crippen LogP contribution in [-0.2, 0) is 16.1 Å². The highest BCUT2D eigenvalue weighted by Gasteiger charge is 2.18. The van der Waals surface area contributed by atoms with Crippen molar-refractivity contribution in [1.29, 1.82) is 0 Å². The van der Waals surface area contributed by atoms with Crippen molar-refractivity contribution in [2.75, 3.05) is 0 Å². The summed E-state index contributed by atoms with van der Waals surface area (Å²) in [6, 6.07) is 2.59. The van der Waals surface area contributed by atoms with E-state index < -0.39 is 14.6 Å². The fraction of sp³-hybridized carbons (Fsp3) is 0.167. The molecule has 0 radical (unpaired) electrons. The molecule has 0 amide bonds. The average molecular weight is 287 g/mol. The molecule has 0 aliphatic heterocycles. The van der Waals surface area contributed by atoms with Gasteiger partial charge in [-0.05, 0) is 22.0 Å². The number of hydrogen-bond donors (Lipinski definition) is 0. The van der Waals surface area contributed by atoms with Gasteiger partial charge in [0.25, 0.3) is 14.6 Å². The van der Waals surface area contributed by atoms with E-state index in [1.807, 2.05) is 0 Å². The first-order valence-corrected chi connectivity index (χ1v) is 6.24. The topological polar surface area (TPSA) is 56.1 Å². The lowest BCUT2D eigenvalue weighted by atomic mass is 10.5. The summed E-state index contributed by atoms with van der Waals surface area (Å²) in [5.74, 6) is 0. The lowest BCUT2D eigenvalue weighted by Crippen LogP contribution is -2.20. The van der Waals surface area contributed by atoms with Gasteiger partial charge in [0.15, 0.2) is 5.03 Å². The summed E-state index contributed by atoms with van der Waals surface area (Å²) in [6.07, 6.45) is 0. The molecule has 0 aliphatic rings. The maximum absolute atomic E-state index is 11.1. The Kier molecular flexibility index (Phi) is 2.84. The third-order valence-electron chi connectivity index (χ3n) is 1.44. The van der Waals surface area contributed by atoms with Crippen LogP contribution in [0.15, 0.2) is 26.4 Å². The van der Waals surface area contributed by atoms with Crippen LogP contribution in [0.4, 0.5) is 0 Å². The van der Waals surface area contributed by atoms with Crippen LogP contribution in [0.2, 0.25) is 0 Å². The van der Waals surface area contributed by atoms with Gasteiger partial charge < -0.3 is 4.57 Å². The monoisotopic (exact) mass is 285 g/mol. The third-order valence-corrected chi connectivity index (χ3v) is 3.74. The zero-order valence-electron chi connectivity index (χ0n) is 6.49. The van der Waals surface area contributed by atoms with Crippen molar-refractivity contribution in [2.45, 2.75) is 5.03 Å². The molecule has 0 aromatic carbocycles. The summed E-state index contributed by atoms with van der Waals surface area (Å²) in [6.45, 7) is 0. The second kappa shape index (κ2) is 3.43. The maximum atomic E-state index is 11.1. The van der Waals surface area contributed by atoms with Crippen LogP contribution in [0.3, 0.4) is 0 Å². The van der Waals surface area contributed by atoms with Gasteiger partial charge in [0.05, 0.1) is 4.47 Å². The molecule has 13 heavy (non-hydrogen) atoms. The van der Waals surface area contributed by atoms with E-state index >= 15 is 0 Å². The van der Waals surface area contributed by atoms with Crippen molar-refractivity contribution in [3.8, 4) is 0 Å². The van der Waals surface area contributed by atoms with Crippen LogP contribution < -0.4 is 5.56 Å². The molecule has 4 nitrogen and oxygen atoms in total. The quantitative estimate of drug-likeness (QED) is 0.726. The molecule has 7 heteroatoms.